The Morgan fingerprint density at radius 1 is 1.27 bits per heavy atom. The molecule has 0 unspecified atom stereocenters. The van der Waals surface area contributed by atoms with E-state index >= 15 is 4.39 Å². The van der Waals surface area contributed by atoms with Crippen LogP contribution >= 0.6 is 0 Å². The lowest BCUT2D eigenvalue weighted by atomic mass is 9.98. The van der Waals surface area contributed by atoms with E-state index in [9.17, 15) is 19.5 Å². The third-order valence-corrected chi connectivity index (χ3v) is 5.47. The molecule has 1 aliphatic rings. The third-order valence-electron chi connectivity index (χ3n) is 5.47. The molecule has 9 heteroatoms. The van der Waals surface area contributed by atoms with Gasteiger partial charge in [0.05, 0.1) is 18.3 Å². The minimum atomic E-state index is -1.11. The maximum absolute atomic E-state index is 15.6. The fourth-order valence-electron chi connectivity index (χ4n) is 4.04. The van der Waals surface area contributed by atoms with E-state index in [1.165, 1.54) is 23.2 Å². The summed E-state index contributed by atoms with van der Waals surface area (Å²) in [4.78, 5) is 42.9. The monoisotopic (exact) mass is 457 g/mol. The van der Waals surface area contributed by atoms with Crippen molar-refractivity contribution in [2.45, 2.75) is 64.8 Å². The fourth-order valence-corrected chi connectivity index (χ4v) is 4.04. The lowest BCUT2D eigenvalue weighted by molar-refractivity contribution is -0.155. The fraction of sp³-hybridized carbons (Fsp3) is 0.417. The Bertz CT molecular complexity index is 1100. The summed E-state index contributed by atoms with van der Waals surface area (Å²) < 4.78 is 20.9. The number of hydrogen-bond acceptors (Lipinski definition) is 6. The molecule has 0 radical (unpaired) electrons. The number of primary amides is 1. The van der Waals surface area contributed by atoms with Crippen LogP contribution in [0.3, 0.4) is 0 Å². The number of aliphatic hydroxyl groups excluding tert-OH is 1. The molecule has 0 spiro atoms. The highest BCUT2D eigenvalue weighted by atomic mass is 19.1. The molecule has 8 nitrogen and oxygen atoms in total. The van der Waals surface area contributed by atoms with Gasteiger partial charge in [0.1, 0.15) is 17.5 Å². The minimum absolute atomic E-state index is 0.0388. The molecule has 0 saturated carbocycles. The number of rotatable bonds is 7. The van der Waals surface area contributed by atoms with Crippen molar-refractivity contribution in [1.29, 1.82) is 0 Å². The Morgan fingerprint density at radius 3 is 2.55 bits per heavy atom. The number of pyridine rings is 1. The van der Waals surface area contributed by atoms with Crippen molar-refractivity contribution in [1.82, 2.24) is 9.88 Å². The molecule has 3 N–H and O–H groups in total. The molecule has 1 aromatic heterocycles. The smallest absolute Gasteiger partial charge is 0.306 e. The number of carbonyl (C=O) groups is 3. The molecule has 33 heavy (non-hydrogen) atoms. The second-order valence-electron chi connectivity index (χ2n) is 9.03. The van der Waals surface area contributed by atoms with Crippen LogP contribution in [0.2, 0.25) is 0 Å². The molecule has 2 heterocycles. The number of benzene rings is 1. The highest BCUT2D eigenvalue weighted by Gasteiger charge is 2.43. The number of nitrogens with zero attached hydrogens (tertiary/aromatic N) is 2. The number of aliphatic hydroxyl groups is 1. The number of amides is 2. The van der Waals surface area contributed by atoms with Crippen molar-refractivity contribution in [3.63, 3.8) is 0 Å². The second kappa shape index (κ2) is 9.27. The van der Waals surface area contributed by atoms with Crippen LogP contribution in [0.25, 0.3) is 11.3 Å². The van der Waals surface area contributed by atoms with Gasteiger partial charge in [-0.15, -0.1) is 0 Å². The van der Waals surface area contributed by atoms with E-state index in [1.807, 2.05) is 0 Å². The van der Waals surface area contributed by atoms with E-state index in [-0.39, 0.29) is 36.1 Å². The molecular weight excluding hydrogens is 429 g/mol. The van der Waals surface area contributed by atoms with E-state index in [1.54, 1.807) is 39.8 Å². The number of nitrogens with two attached hydrogens (primary N) is 1. The quantitative estimate of drug-likeness (QED) is 0.617. The van der Waals surface area contributed by atoms with Gasteiger partial charge in [-0.1, -0.05) is 0 Å². The lowest BCUT2D eigenvalue weighted by Gasteiger charge is -2.30. The minimum Gasteiger partial charge on any atom is -0.460 e. The van der Waals surface area contributed by atoms with Crippen molar-refractivity contribution in [3.8, 4) is 11.3 Å². The summed E-state index contributed by atoms with van der Waals surface area (Å²) in [5.74, 6) is -2.47. The van der Waals surface area contributed by atoms with Gasteiger partial charge in [0.15, 0.2) is 0 Å². The van der Waals surface area contributed by atoms with Gasteiger partial charge in [-0.25, -0.2) is 4.39 Å². The van der Waals surface area contributed by atoms with Crippen LogP contribution in [0.4, 0.5) is 4.39 Å². The molecule has 0 saturated heterocycles. The average molecular weight is 458 g/mol. The van der Waals surface area contributed by atoms with Gasteiger partial charge < -0.3 is 20.5 Å². The van der Waals surface area contributed by atoms with Crippen LogP contribution in [-0.2, 0) is 20.9 Å². The zero-order valence-corrected chi connectivity index (χ0v) is 19.1. The molecule has 2 aromatic rings. The summed E-state index contributed by atoms with van der Waals surface area (Å²) in [6.45, 7) is 6.57. The number of aromatic nitrogens is 1. The lowest BCUT2D eigenvalue weighted by Crippen LogP contribution is -2.46. The number of hydrogen-bond donors (Lipinski definition) is 2. The van der Waals surface area contributed by atoms with E-state index in [0.29, 0.717) is 11.3 Å². The number of halogens is 1. The van der Waals surface area contributed by atoms with Crippen molar-refractivity contribution < 1.29 is 28.6 Å². The van der Waals surface area contributed by atoms with Crippen LogP contribution in [-0.4, -0.2) is 44.4 Å². The van der Waals surface area contributed by atoms with Gasteiger partial charge in [0.2, 0.25) is 5.91 Å². The van der Waals surface area contributed by atoms with Crippen LogP contribution in [0.1, 0.15) is 68.1 Å². The van der Waals surface area contributed by atoms with Gasteiger partial charge in [0, 0.05) is 29.3 Å². The Kier molecular flexibility index (Phi) is 6.83. The number of ether oxygens (including phenoxy) is 1. The van der Waals surface area contributed by atoms with Crippen LogP contribution in [0, 0.1) is 5.82 Å². The van der Waals surface area contributed by atoms with E-state index in [0.717, 1.165) is 0 Å². The molecule has 2 atom stereocenters. The zero-order chi connectivity index (χ0) is 24.5. The van der Waals surface area contributed by atoms with Gasteiger partial charge in [-0.3, -0.25) is 19.4 Å². The van der Waals surface area contributed by atoms with Crippen molar-refractivity contribution in [3.05, 3.63) is 53.0 Å². The van der Waals surface area contributed by atoms with Crippen LogP contribution < -0.4 is 5.73 Å². The van der Waals surface area contributed by atoms with E-state index in [4.69, 9.17) is 10.5 Å². The topological polar surface area (TPSA) is 123 Å². The first-order valence-electron chi connectivity index (χ1n) is 10.7. The first kappa shape index (κ1) is 24.3. The maximum Gasteiger partial charge on any atom is 0.306 e. The summed E-state index contributed by atoms with van der Waals surface area (Å²) >= 11 is 0. The predicted octanol–water partition coefficient (Wildman–Crippen LogP) is 2.87. The zero-order valence-electron chi connectivity index (χ0n) is 19.1. The normalized spacial score (nSPS) is 16.5. The Balaban J connectivity index is 1.91. The Labute approximate surface area is 191 Å². The first-order chi connectivity index (χ1) is 15.4. The number of fused-ring (bicyclic) bond motifs is 1. The molecular formula is C24H28FN3O5. The van der Waals surface area contributed by atoms with E-state index in [2.05, 4.69) is 4.98 Å². The first-order valence-corrected chi connectivity index (χ1v) is 10.7. The molecule has 0 aliphatic carbocycles. The summed E-state index contributed by atoms with van der Waals surface area (Å²) in [6, 6.07) is 4.23. The second-order valence-corrected chi connectivity index (χ2v) is 9.03. The molecule has 3 rings (SSSR count). The highest BCUT2D eigenvalue weighted by molar-refractivity contribution is 6.02. The summed E-state index contributed by atoms with van der Waals surface area (Å²) in [5.41, 5.74) is 6.21. The van der Waals surface area contributed by atoms with Gasteiger partial charge in [0.25, 0.3) is 5.91 Å². The molecule has 176 valence electrons. The molecule has 2 amide bonds. The van der Waals surface area contributed by atoms with Crippen LogP contribution in [0.15, 0.2) is 30.5 Å². The number of carbonyl (C=O) groups excluding carboxylic acids is 3. The maximum atomic E-state index is 15.6. The summed E-state index contributed by atoms with van der Waals surface area (Å²) in [6.07, 6.45) is 1.31. The Morgan fingerprint density at radius 2 is 1.94 bits per heavy atom. The molecule has 0 fully saturated rings. The highest BCUT2D eigenvalue weighted by Crippen LogP contribution is 2.40. The number of esters is 1. The van der Waals surface area contributed by atoms with Gasteiger partial charge in [-0.2, -0.15) is 0 Å². The summed E-state index contributed by atoms with van der Waals surface area (Å²) in [5, 5.41) is 9.36. The molecule has 1 aromatic carbocycles. The van der Waals surface area contributed by atoms with Gasteiger partial charge in [-0.05, 0) is 63.9 Å². The van der Waals surface area contributed by atoms with Gasteiger partial charge >= 0.3 is 5.97 Å². The SMILES string of the molecule is C[C@@H]1c2c(ccc(-c3cc(CO)ccn3)c2F)C(=O)N1[C@@H](CCC(=O)OC(C)(C)C)C(N)=O. The summed E-state index contributed by atoms with van der Waals surface area (Å²) in [7, 11) is 0. The van der Waals surface area contributed by atoms with E-state index < -0.39 is 41.3 Å². The third kappa shape index (κ3) is 5.03. The molecule has 1 aliphatic heterocycles. The van der Waals surface area contributed by atoms with Crippen molar-refractivity contribution >= 4 is 17.8 Å². The van der Waals surface area contributed by atoms with Crippen LogP contribution in [0.5, 0.6) is 0 Å². The Hall–Kier alpha value is -3.33. The average Bonchev–Trinajstić information content (AvgIpc) is 2.98. The standard InChI is InChI=1S/C24H28FN3O5/c1-13-20-16(6-5-15(21(20)25)17-11-14(12-29)9-10-27-17)23(32)28(13)18(22(26)31)7-8-19(30)33-24(2,3)4/h5-6,9-11,13,18,29H,7-8,12H2,1-4H3,(H2,26,31)/t13-,18+/m1/s1. The van der Waals surface area contributed by atoms with Crippen molar-refractivity contribution in [2.75, 3.05) is 0 Å². The molecule has 0 bridgehead atoms. The predicted molar refractivity (Wildman–Crippen MR) is 118 cm³/mol. The van der Waals surface area contributed by atoms with Crippen molar-refractivity contribution in [2.24, 2.45) is 5.73 Å². The largest absolute Gasteiger partial charge is 0.460 e.